The molecular weight excluding hydrogens is 238 g/mol. The first kappa shape index (κ1) is 14.1. The molecule has 1 aliphatic rings. The summed E-state index contributed by atoms with van der Waals surface area (Å²) < 4.78 is 2.04. The fourth-order valence-corrected chi connectivity index (χ4v) is 3.04. The van der Waals surface area contributed by atoms with E-state index in [0.717, 1.165) is 25.0 Å². The number of nitrogens with two attached hydrogens (primary N) is 1. The molecule has 0 radical (unpaired) electrons. The van der Waals surface area contributed by atoms with Gasteiger partial charge in [-0.1, -0.05) is 0 Å². The third-order valence-electron chi connectivity index (χ3n) is 4.09. The molecule has 0 aromatic carbocycles. The third-order valence-corrected chi connectivity index (χ3v) is 4.09. The van der Waals surface area contributed by atoms with E-state index in [1.165, 1.54) is 0 Å². The van der Waals surface area contributed by atoms with Gasteiger partial charge >= 0.3 is 0 Å². The molecule has 1 aliphatic heterocycles. The minimum absolute atomic E-state index is 0.126. The van der Waals surface area contributed by atoms with Crippen LogP contribution in [0.1, 0.15) is 56.6 Å². The highest BCUT2D eigenvalue weighted by Gasteiger charge is 2.32. The van der Waals surface area contributed by atoms with Crippen LogP contribution in [0.2, 0.25) is 0 Å². The average Bonchev–Trinajstić information content (AvgIpc) is 2.87. The Balaban J connectivity index is 2.28. The summed E-state index contributed by atoms with van der Waals surface area (Å²) in [5, 5.41) is 0. The van der Waals surface area contributed by atoms with Gasteiger partial charge < -0.3 is 15.2 Å². The van der Waals surface area contributed by atoms with Gasteiger partial charge in [-0.2, -0.15) is 0 Å². The van der Waals surface area contributed by atoms with Crippen LogP contribution in [-0.4, -0.2) is 34.0 Å². The number of piperidine rings is 1. The molecular formula is C15H25N3O. The Kier molecular flexibility index (Phi) is 4.30. The molecule has 4 heteroatoms. The zero-order chi connectivity index (χ0) is 14.0. The molecule has 19 heavy (non-hydrogen) atoms. The summed E-state index contributed by atoms with van der Waals surface area (Å²) in [5.41, 5.74) is 6.62. The molecule has 106 valence electrons. The Labute approximate surface area is 115 Å². The van der Waals surface area contributed by atoms with Crippen molar-refractivity contribution in [3.63, 3.8) is 0 Å². The number of rotatable bonds is 3. The van der Waals surface area contributed by atoms with Crippen LogP contribution in [0.5, 0.6) is 0 Å². The first-order valence-corrected chi connectivity index (χ1v) is 7.25. The summed E-state index contributed by atoms with van der Waals surface area (Å²) in [6.45, 7) is 6.87. The van der Waals surface area contributed by atoms with Crippen LogP contribution in [0.25, 0.3) is 0 Å². The van der Waals surface area contributed by atoms with Crippen LogP contribution in [-0.2, 0) is 0 Å². The van der Waals surface area contributed by atoms with Gasteiger partial charge in [-0.3, -0.25) is 4.79 Å². The Morgan fingerprint density at radius 2 is 2.21 bits per heavy atom. The number of aromatic nitrogens is 1. The summed E-state index contributed by atoms with van der Waals surface area (Å²) in [6, 6.07) is 4.62. The Bertz CT molecular complexity index is 438. The van der Waals surface area contributed by atoms with E-state index in [0.29, 0.717) is 12.6 Å². The van der Waals surface area contributed by atoms with E-state index in [4.69, 9.17) is 5.73 Å². The first-order valence-electron chi connectivity index (χ1n) is 7.25. The highest BCUT2D eigenvalue weighted by atomic mass is 16.2. The van der Waals surface area contributed by atoms with E-state index < -0.39 is 0 Å². The van der Waals surface area contributed by atoms with Gasteiger partial charge in [0, 0.05) is 30.9 Å². The number of nitrogens with zero attached hydrogens (tertiary/aromatic N) is 2. The highest BCUT2D eigenvalue weighted by molar-refractivity contribution is 5.93. The SMILES string of the molecule is CC1CCCC(CN)N1C(=O)c1cccn1C(C)C. The van der Waals surface area contributed by atoms with Crippen molar-refractivity contribution in [3.8, 4) is 0 Å². The van der Waals surface area contributed by atoms with Crippen LogP contribution in [0.15, 0.2) is 18.3 Å². The quantitative estimate of drug-likeness (QED) is 0.910. The molecule has 4 nitrogen and oxygen atoms in total. The summed E-state index contributed by atoms with van der Waals surface area (Å²) in [5.74, 6) is 0.126. The van der Waals surface area contributed by atoms with Gasteiger partial charge in [0.05, 0.1) is 0 Å². The smallest absolute Gasteiger partial charge is 0.271 e. The number of likely N-dealkylation sites (tertiary alicyclic amines) is 1. The van der Waals surface area contributed by atoms with Crippen molar-refractivity contribution in [2.24, 2.45) is 5.73 Å². The third kappa shape index (κ3) is 2.68. The fraction of sp³-hybridized carbons (Fsp3) is 0.667. The van der Waals surface area contributed by atoms with Gasteiger partial charge in [0.25, 0.3) is 5.91 Å². The molecule has 0 bridgehead atoms. The van der Waals surface area contributed by atoms with Gasteiger partial charge in [0.1, 0.15) is 5.69 Å². The van der Waals surface area contributed by atoms with Crippen molar-refractivity contribution >= 4 is 5.91 Å². The maximum atomic E-state index is 12.8. The van der Waals surface area contributed by atoms with Crippen molar-refractivity contribution in [2.75, 3.05) is 6.54 Å². The molecule has 1 aromatic rings. The second kappa shape index (κ2) is 5.78. The molecule has 2 N–H and O–H groups in total. The maximum absolute atomic E-state index is 12.8. The molecule has 2 atom stereocenters. The number of carbonyl (C=O) groups excluding carboxylic acids is 1. The van der Waals surface area contributed by atoms with Crippen LogP contribution < -0.4 is 5.73 Å². The molecule has 0 aliphatic carbocycles. The summed E-state index contributed by atoms with van der Waals surface area (Å²) in [7, 11) is 0. The maximum Gasteiger partial charge on any atom is 0.271 e. The monoisotopic (exact) mass is 263 g/mol. The lowest BCUT2D eigenvalue weighted by Crippen LogP contribution is -2.52. The number of hydrogen-bond donors (Lipinski definition) is 1. The lowest BCUT2D eigenvalue weighted by molar-refractivity contribution is 0.0481. The summed E-state index contributed by atoms with van der Waals surface area (Å²) in [6.07, 6.45) is 5.24. The molecule has 0 spiro atoms. The number of hydrogen-bond acceptors (Lipinski definition) is 2. The Morgan fingerprint density at radius 3 is 2.84 bits per heavy atom. The molecule has 1 fully saturated rings. The predicted octanol–water partition coefficient (Wildman–Crippen LogP) is 2.41. The van der Waals surface area contributed by atoms with Crippen LogP contribution in [0.3, 0.4) is 0 Å². The zero-order valence-corrected chi connectivity index (χ0v) is 12.2. The highest BCUT2D eigenvalue weighted by Crippen LogP contribution is 2.25. The van der Waals surface area contributed by atoms with E-state index in [1.807, 2.05) is 27.8 Å². The van der Waals surface area contributed by atoms with E-state index >= 15 is 0 Å². The predicted molar refractivity (Wildman–Crippen MR) is 77.1 cm³/mol. The first-order chi connectivity index (χ1) is 9.06. The second-order valence-corrected chi connectivity index (χ2v) is 5.78. The Morgan fingerprint density at radius 1 is 1.47 bits per heavy atom. The van der Waals surface area contributed by atoms with Crippen molar-refractivity contribution in [1.29, 1.82) is 0 Å². The minimum atomic E-state index is 0.126. The molecule has 1 aromatic heterocycles. The van der Waals surface area contributed by atoms with Crippen molar-refractivity contribution < 1.29 is 4.79 Å². The summed E-state index contributed by atoms with van der Waals surface area (Å²) >= 11 is 0. The zero-order valence-electron chi connectivity index (χ0n) is 12.2. The van der Waals surface area contributed by atoms with Gasteiger partial charge in [-0.25, -0.2) is 0 Å². The van der Waals surface area contributed by atoms with E-state index in [1.54, 1.807) is 0 Å². The molecule has 2 unspecified atom stereocenters. The van der Waals surface area contributed by atoms with E-state index in [2.05, 4.69) is 20.8 Å². The Hall–Kier alpha value is -1.29. The molecule has 1 amide bonds. The molecule has 0 saturated carbocycles. The second-order valence-electron chi connectivity index (χ2n) is 5.78. The van der Waals surface area contributed by atoms with Crippen molar-refractivity contribution in [1.82, 2.24) is 9.47 Å². The minimum Gasteiger partial charge on any atom is -0.341 e. The van der Waals surface area contributed by atoms with Crippen LogP contribution in [0, 0.1) is 0 Å². The van der Waals surface area contributed by atoms with Gasteiger partial charge in [-0.15, -0.1) is 0 Å². The lowest BCUT2D eigenvalue weighted by Gasteiger charge is -2.40. The largest absolute Gasteiger partial charge is 0.341 e. The van der Waals surface area contributed by atoms with Gasteiger partial charge in [-0.05, 0) is 52.2 Å². The van der Waals surface area contributed by atoms with Gasteiger partial charge in [0.2, 0.25) is 0 Å². The normalized spacial score (nSPS) is 23.9. The van der Waals surface area contributed by atoms with Crippen molar-refractivity contribution in [3.05, 3.63) is 24.0 Å². The van der Waals surface area contributed by atoms with E-state index in [9.17, 15) is 4.79 Å². The van der Waals surface area contributed by atoms with Crippen molar-refractivity contribution in [2.45, 2.75) is 58.2 Å². The number of carbonyl (C=O) groups is 1. The molecule has 2 rings (SSSR count). The van der Waals surface area contributed by atoms with Crippen LogP contribution >= 0.6 is 0 Å². The molecule has 2 heterocycles. The van der Waals surface area contributed by atoms with Gasteiger partial charge in [0.15, 0.2) is 0 Å². The molecule has 1 saturated heterocycles. The summed E-state index contributed by atoms with van der Waals surface area (Å²) in [4.78, 5) is 14.8. The number of amides is 1. The lowest BCUT2D eigenvalue weighted by atomic mass is 9.96. The fourth-order valence-electron chi connectivity index (χ4n) is 3.04. The average molecular weight is 263 g/mol. The van der Waals surface area contributed by atoms with E-state index in [-0.39, 0.29) is 18.0 Å². The standard InChI is InChI=1S/C15H25N3O/c1-11(2)17-9-5-8-14(17)15(19)18-12(3)6-4-7-13(18)10-16/h5,8-9,11-13H,4,6-7,10,16H2,1-3H3. The topological polar surface area (TPSA) is 51.3 Å². The van der Waals surface area contributed by atoms with Crippen LogP contribution in [0.4, 0.5) is 0 Å².